The number of carbonyl (C=O) groups is 1. The van der Waals surface area contributed by atoms with Gasteiger partial charge in [0.1, 0.15) is 5.25 Å². The van der Waals surface area contributed by atoms with Crippen LogP contribution in [0.2, 0.25) is 0 Å². The topological polar surface area (TPSA) is 63.2 Å². The van der Waals surface area contributed by atoms with Crippen LogP contribution in [0.5, 0.6) is 0 Å². The molecule has 0 saturated carbocycles. The maximum atomic E-state index is 12.5. The molecule has 2 aromatic rings. The second-order valence-electron chi connectivity index (χ2n) is 5.34. The van der Waals surface area contributed by atoms with Crippen molar-refractivity contribution >= 4 is 31.7 Å². The summed E-state index contributed by atoms with van der Waals surface area (Å²) in [7, 11) is -3.70. The van der Waals surface area contributed by atoms with Gasteiger partial charge in [-0.3, -0.25) is 4.79 Å². The lowest BCUT2D eigenvalue weighted by Crippen LogP contribution is -2.37. The molecule has 0 unspecified atom stereocenters. The molecule has 0 saturated heterocycles. The number of rotatable bonds is 5. The first-order valence-corrected chi connectivity index (χ1v) is 9.47. The summed E-state index contributed by atoms with van der Waals surface area (Å²) in [5, 5.41) is 1.53. The predicted octanol–water partition coefficient (Wildman–Crippen LogP) is 3.24. The van der Waals surface area contributed by atoms with Gasteiger partial charge in [-0.1, -0.05) is 45.8 Å². The summed E-state index contributed by atoms with van der Waals surface area (Å²) in [5.74, 6) is -0.506. The fraction of sp³-hybridized carbons (Fsp3) is 0.235. The molecule has 0 aliphatic rings. The Morgan fingerprint density at radius 3 is 2.22 bits per heavy atom. The molecule has 0 aliphatic heterocycles. The summed E-state index contributed by atoms with van der Waals surface area (Å²) in [5.41, 5.74) is 2.06. The molecule has 1 N–H and O–H groups in total. The van der Waals surface area contributed by atoms with E-state index in [-0.39, 0.29) is 4.90 Å². The molecule has 23 heavy (non-hydrogen) atoms. The Balaban J connectivity index is 2.06. The molecule has 1 amide bonds. The molecule has 0 spiro atoms. The van der Waals surface area contributed by atoms with Crippen LogP contribution in [0.1, 0.15) is 18.1 Å². The number of benzene rings is 2. The Labute approximate surface area is 145 Å². The van der Waals surface area contributed by atoms with E-state index in [0.717, 1.165) is 15.6 Å². The first-order valence-electron chi connectivity index (χ1n) is 7.13. The number of hydrogen-bond acceptors (Lipinski definition) is 3. The van der Waals surface area contributed by atoms with Crippen molar-refractivity contribution in [1.82, 2.24) is 5.32 Å². The van der Waals surface area contributed by atoms with Gasteiger partial charge in [0.15, 0.2) is 9.84 Å². The smallest absolute Gasteiger partial charge is 0.238 e. The van der Waals surface area contributed by atoms with Crippen molar-refractivity contribution in [3.63, 3.8) is 0 Å². The van der Waals surface area contributed by atoms with Gasteiger partial charge in [0.05, 0.1) is 4.90 Å². The van der Waals surface area contributed by atoms with Gasteiger partial charge in [0.25, 0.3) is 0 Å². The Kier molecular flexibility index (Phi) is 5.59. The number of hydrogen-bond donors (Lipinski definition) is 1. The molecule has 6 heteroatoms. The number of carbonyl (C=O) groups excluding carboxylic acids is 1. The highest BCUT2D eigenvalue weighted by atomic mass is 79.9. The first-order chi connectivity index (χ1) is 10.8. The number of aryl methyl sites for hydroxylation is 1. The summed E-state index contributed by atoms with van der Waals surface area (Å²) >= 11 is 3.26. The van der Waals surface area contributed by atoms with Crippen LogP contribution in [0.3, 0.4) is 0 Å². The van der Waals surface area contributed by atoms with Crippen LogP contribution >= 0.6 is 15.9 Å². The van der Waals surface area contributed by atoms with Gasteiger partial charge in [-0.15, -0.1) is 0 Å². The third-order valence-corrected chi connectivity index (χ3v) is 6.17. The summed E-state index contributed by atoms with van der Waals surface area (Å²) in [6.45, 7) is 3.69. The fourth-order valence-corrected chi connectivity index (χ4v) is 3.56. The molecule has 0 fully saturated rings. The van der Waals surface area contributed by atoms with Crippen LogP contribution in [0, 0.1) is 6.92 Å². The van der Waals surface area contributed by atoms with E-state index in [2.05, 4.69) is 21.2 Å². The minimum Gasteiger partial charge on any atom is -0.351 e. The molecule has 2 aromatic carbocycles. The number of sulfone groups is 1. The number of halogens is 1. The van der Waals surface area contributed by atoms with Gasteiger partial charge in [0.2, 0.25) is 5.91 Å². The van der Waals surface area contributed by atoms with E-state index in [1.165, 1.54) is 19.1 Å². The van der Waals surface area contributed by atoms with Gasteiger partial charge in [-0.05, 0) is 43.7 Å². The normalized spacial score (nSPS) is 12.7. The summed E-state index contributed by atoms with van der Waals surface area (Å²) in [6, 6.07) is 14.0. The molecular formula is C17H18BrNO3S. The third kappa shape index (κ3) is 4.42. The lowest BCUT2D eigenvalue weighted by molar-refractivity contribution is -0.120. The van der Waals surface area contributed by atoms with E-state index in [1.807, 2.05) is 31.2 Å². The molecule has 122 valence electrons. The van der Waals surface area contributed by atoms with Crippen molar-refractivity contribution in [3.8, 4) is 0 Å². The molecule has 0 aromatic heterocycles. The highest BCUT2D eigenvalue weighted by Crippen LogP contribution is 2.19. The van der Waals surface area contributed by atoms with E-state index < -0.39 is 21.0 Å². The zero-order valence-electron chi connectivity index (χ0n) is 12.9. The molecule has 4 nitrogen and oxygen atoms in total. The molecule has 2 rings (SSSR count). The minimum absolute atomic E-state index is 0.138. The van der Waals surface area contributed by atoms with Crippen LogP contribution in [-0.2, 0) is 21.2 Å². The standard InChI is InChI=1S/C17H18BrNO3S/c1-12-3-5-14(6-4-12)11-19-17(20)13(2)23(21,22)16-9-7-15(18)8-10-16/h3-10,13H,11H2,1-2H3,(H,19,20)/t13-/m1/s1. The molecule has 0 bridgehead atoms. The molecule has 1 atom stereocenters. The molecular weight excluding hydrogens is 378 g/mol. The van der Waals surface area contributed by atoms with Crippen LogP contribution in [-0.4, -0.2) is 19.6 Å². The van der Waals surface area contributed by atoms with Gasteiger partial charge < -0.3 is 5.32 Å². The minimum atomic E-state index is -3.70. The molecule has 0 radical (unpaired) electrons. The van der Waals surface area contributed by atoms with Crippen LogP contribution in [0.4, 0.5) is 0 Å². The first kappa shape index (κ1) is 17.7. The van der Waals surface area contributed by atoms with Crippen molar-refractivity contribution in [2.75, 3.05) is 0 Å². The van der Waals surface area contributed by atoms with Gasteiger partial charge >= 0.3 is 0 Å². The van der Waals surface area contributed by atoms with Crippen molar-refractivity contribution in [3.05, 3.63) is 64.1 Å². The van der Waals surface area contributed by atoms with Crippen molar-refractivity contribution in [1.29, 1.82) is 0 Å². The average Bonchev–Trinajstić information content (AvgIpc) is 2.53. The Bertz CT molecular complexity index is 784. The lowest BCUT2D eigenvalue weighted by atomic mass is 10.1. The van der Waals surface area contributed by atoms with E-state index in [9.17, 15) is 13.2 Å². The van der Waals surface area contributed by atoms with Crippen LogP contribution in [0.25, 0.3) is 0 Å². The number of nitrogens with one attached hydrogen (secondary N) is 1. The highest BCUT2D eigenvalue weighted by Gasteiger charge is 2.29. The Hall–Kier alpha value is -1.66. The zero-order chi connectivity index (χ0) is 17.0. The zero-order valence-corrected chi connectivity index (χ0v) is 15.3. The Morgan fingerprint density at radius 1 is 1.09 bits per heavy atom. The lowest BCUT2D eigenvalue weighted by Gasteiger charge is -2.13. The van der Waals surface area contributed by atoms with Crippen molar-refractivity contribution in [2.24, 2.45) is 0 Å². The van der Waals surface area contributed by atoms with E-state index in [4.69, 9.17) is 0 Å². The Morgan fingerprint density at radius 2 is 1.65 bits per heavy atom. The van der Waals surface area contributed by atoms with Gasteiger partial charge in [-0.2, -0.15) is 0 Å². The fourth-order valence-electron chi connectivity index (χ4n) is 2.01. The monoisotopic (exact) mass is 395 g/mol. The summed E-state index contributed by atoms with van der Waals surface area (Å²) in [6.07, 6.45) is 0. The predicted molar refractivity (Wildman–Crippen MR) is 93.8 cm³/mol. The van der Waals surface area contributed by atoms with E-state index >= 15 is 0 Å². The van der Waals surface area contributed by atoms with Crippen molar-refractivity contribution < 1.29 is 13.2 Å². The molecule has 0 aliphatic carbocycles. The second kappa shape index (κ2) is 7.27. The second-order valence-corrected chi connectivity index (χ2v) is 8.53. The maximum absolute atomic E-state index is 12.5. The quantitative estimate of drug-likeness (QED) is 0.844. The number of amides is 1. The van der Waals surface area contributed by atoms with E-state index in [0.29, 0.717) is 6.54 Å². The summed E-state index contributed by atoms with van der Waals surface area (Å²) in [4.78, 5) is 12.3. The average molecular weight is 396 g/mol. The third-order valence-electron chi connectivity index (χ3n) is 3.56. The summed E-state index contributed by atoms with van der Waals surface area (Å²) < 4.78 is 25.7. The maximum Gasteiger partial charge on any atom is 0.238 e. The van der Waals surface area contributed by atoms with Gasteiger partial charge in [-0.25, -0.2) is 8.42 Å². The van der Waals surface area contributed by atoms with Gasteiger partial charge in [0, 0.05) is 11.0 Å². The van der Waals surface area contributed by atoms with Crippen LogP contribution in [0.15, 0.2) is 57.9 Å². The van der Waals surface area contributed by atoms with E-state index in [1.54, 1.807) is 12.1 Å². The molecule has 0 heterocycles. The largest absolute Gasteiger partial charge is 0.351 e. The van der Waals surface area contributed by atoms with Crippen LogP contribution < -0.4 is 5.32 Å². The highest BCUT2D eigenvalue weighted by molar-refractivity contribution is 9.10. The SMILES string of the molecule is Cc1ccc(CNC(=O)[C@@H](C)S(=O)(=O)c2ccc(Br)cc2)cc1. The van der Waals surface area contributed by atoms with Crippen molar-refractivity contribution in [2.45, 2.75) is 30.5 Å².